The van der Waals surface area contributed by atoms with E-state index in [-0.39, 0.29) is 5.82 Å². The number of hydrogen-bond acceptors (Lipinski definition) is 3. The average molecular weight is 250 g/mol. The van der Waals surface area contributed by atoms with E-state index in [9.17, 15) is 4.39 Å². The highest BCUT2D eigenvalue weighted by Crippen LogP contribution is 2.28. The summed E-state index contributed by atoms with van der Waals surface area (Å²) < 4.78 is 19.0. The minimum absolute atomic E-state index is 0.263. The van der Waals surface area contributed by atoms with Crippen LogP contribution in [0.15, 0.2) is 24.5 Å². The lowest BCUT2D eigenvalue weighted by Gasteiger charge is -2.08. The van der Waals surface area contributed by atoms with E-state index in [1.165, 1.54) is 19.5 Å². The first-order chi connectivity index (χ1) is 8.13. The van der Waals surface area contributed by atoms with Crippen molar-refractivity contribution in [1.82, 2.24) is 9.97 Å². The fourth-order valence-corrected chi connectivity index (χ4v) is 1.78. The molecule has 0 aliphatic heterocycles. The normalized spacial score (nSPS) is 10.3. The molecule has 0 spiro atoms. The summed E-state index contributed by atoms with van der Waals surface area (Å²) in [6.45, 7) is 1.71. The first kappa shape index (κ1) is 11.7. The molecule has 0 atom stereocenters. The second-order valence-electron chi connectivity index (χ2n) is 3.58. The van der Waals surface area contributed by atoms with Gasteiger partial charge in [0.25, 0.3) is 0 Å². The van der Waals surface area contributed by atoms with Crippen molar-refractivity contribution in [2.45, 2.75) is 6.92 Å². The van der Waals surface area contributed by atoms with Crippen LogP contribution in [0.3, 0.4) is 0 Å². The molecular formula is C12H11FN2OS. The second-order valence-corrected chi connectivity index (χ2v) is 3.97. The van der Waals surface area contributed by atoms with Crippen molar-refractivity contribution in [2.75, 3.05) is 7.11 Å². The van der Waals surface area contributed by atoms with Crippen LogP contribution in [0.5, 0.6) is 5.75 Å². The zero-order valence-corrected chi connectivity index (χ0v) is 10.3. The summed E-state index contributed by atoms with van der Waals surface area (Å²) in [7, 11) is 1.51. The van der Waals surface area contributed by atoms with Crippen LogP contribution in [0.1, 0.15) is 5.56 Å². The lowest BCUT2D eigenvalue weighted by molar-refractivity contribution is 0.410. The predicted octanol–water partition coefficient (Wildman–Crippen LogP) is 3.26. The molecule has 1 aromatic heterocycles. The number of methoxy groups -OCH3 is 1. The molecule has 0 fully saturated rings. The van der Waals surface area contributed by atoms with Gasteiger partial charge in [-0.1, -0.05) is 24.4 Å². The predicted molar refractivity (Wildman–Crippen MR) is 66.1 cm³/mol. The number of nitrogens with one attached hydrogen (secondary N) is 1. The number of nitrogens with zero attached hydrogens (tertiary/aromatic N) is 1. The maximum absolute atomic E-state index is 13.5. The Kier molecular flexibility index (Phi) is 3.19. The summed E-state index contributed by atoms with van der Waals surface area (Å²) in [4.78, 5) is 6.84. The van der Waals surface area contributed by atoms with Gasteiger partial charge in [0.05, 0.1) is 19.1 Å². The number of aryl methyl sites for hydroxylation is 1. The average Bonchev–Trinajstić information content (AvgIpc) is 2.32. The molecule has 0 radical (unpaired) electrons. The van der Waals surface area contributed by atoms with Crippen molar-refractivity contribution in [3.05, 3.63) is 40.5 Å². The van der Waals surface area contributed by atoms with Crippen LogP contribution in [0.25, 0.3) is 11.3 Å². The van der Waals surface area contributed by atoms with E-state index in [2.05, 4.69) is 9.97 Å². The van der Waals surface area contributed by atoms with Crippen LogP contribution < -0.4 is 4.74 Å². The molecule has 1 heterocycles. The number of ether oxygens (including phenoxy) is 1. The van der Waals surface area contributed by atoms with Gasteiger partial charge in [-0.05, 0) is 18.6 Å². The monoisotopic (exact) mass is 250 g/mol. The first-order valence-electron chi connectivity index (χ1n) is 5.01. The minimum Gasteiger partial charge on any atom is -0.491 e. The Hall–Kier alpha value is -1.75. The fourth-order valence-electron chi connectivity index (χ4n) is 1.54. The summed E-state index contributed by atoms with van der Waals surface area (Å²) in [6, 6.07) is 4.96. The molecule has 0 unspecified atom stereocenters. The molecular weight excluding hydrogens is 239 g/mol. The number of aromatic nitrogens is 2. The van der Waals surface area contributed by atoms with Crippen molar-refractivity contribution in [1.29, 1.82) is 0 Å². The number of aromatic amines is 1. The van der Waals surface area contributed by atoms with E-state index in [1.54, 1.807) is 13.0 Å². The standard InChI is InChI=1S/C12H11FN2OS/c1-7-3-4-8(5-9(7)13)10-11(16-2)12(17)15-6-14-10/h3-6H,1-2H3,(H,14,15,17). The Morgan fingerprint density at radius 1 is 1.41 bits per heavy atom. The van der Waals surface area contributed by atoms with Crippen LogP contribution in [-0.2, 0) is 0 Å². The third-order valence-corrected chi connectivity index (χ3v) is 2.77. The molecule has 0 bridgehead atoms. The van der Waals surface area contributed by atoms with Gasteiger partial charge < -0.3 is 9.72 Å². The second kappa shape index (κ2) is 4.63. The highest BCUT2D eigenvalue weighted by molar-refractivity contribution is 7.71. The Balaban J connectivity index is 2.64. The molecule has 0 saturated carbocycles. The molecule has 3 nitrogen and oxygen atoms in total. The number of rotatable bonds is 2. The molecule has 1 aromatic carbocycles. The molecule has 0 saturated heterocycles. The molecule has 5 heteroatoms. The SMILES string of the molecule is COc1c(-c2ccc(C)c(F)c2)[nH]cnc1=S. The number of H-pyrrole nitrogens is 1. The topological polar surface area (TPSA) is 37.9 Å². The van der Waals surface area contributed by atoms with Crippen LogP contribution in [0.2, 0.25) is 0 Å². The summed E-state index contributed by atoms with van der Waals surface area (Å²) in [6.07, 6.45) is 1.47. The van der Waals surface area contributed by atoms with Gasteiger partial charge in [-0.3, -0.25) is 0 Å². The van der Waals surface area contributed by atoms with E-state index in [1.807, 2.05) is 6.07 Å². The van der Waals surface area contributed by atoms with Crippen LogP contribution in [-0.4, -0.2) is 17.1 Å². The van der Waals surface area contributed by atoms with Gasteiger partial charge in [-0.25, -0.2) is 9.37 Å². The van der Waals surface area contributed by atoms with Crippen molar-refractivity contribution in [2.24, 2.45) is 0 Å². The maximum atomic E-state index is 13.5. The lowest BCUT2D eigenvalue weighted by Crippen LogP contribution is -1.95. The molecule has 88 valence electrons. The van der Waals surface area contributed by atoms with Gasteiger partial charge in [0.1, 0.15) is 5.82 Å². The van der Waals surface area contributed by atoms with E-state index in [0.29, 0.717) is 27.2 Å². The number of halogens is 1. The summed E-state index contributed by atoms with van der Waals surface area (Å²) in [5.41, 5.74) is 1.91. The Bertz CT molecular complexity index is 610. The van der Waals surface area contributed by atoms with Crippen molar-refractivity contribution >= 4 is 12.2 Å². The van der Waals surface area contributed by atoms with Crippen LogP contribution in [0, 0.1) is 17.4 Å². The van der Waals surface area contributed by atoms with E-state index < -0.39 is 0 Å². The van der Waals surface area contributed by atoms with Gasteiger partial charge in [0.2, 0.25) is 0 Å². The zero-order chi connectivity index (χ0) is 12.4. The third-order valence-electron chi connectivity index (χ3n) is 2.48. The largest absolute Gasteiger partial charge is 0.491 e. The maximum Gasteiger partial charge on any atom is 0.179 e. The number of benzene rings is 1. The quantitative estimate of drug-likeness (QED) is 0.831. The van der Waals surface area contributed by atoms with Gasteiger partial charge in [0.15, 0.2) is 10.4 Å². The molecule has 0 amide bonds. The molecule has 2 rings (SSSR count). The Morgan fingerprint density at radius 3 is 2.82 bits per heavy atom. The minimum atomic E-state index is -0.263. The fraction of sp³-hybridized carbons (Fsp3) is 0.167. The highest BCUT2D eigenvalue weighted by atomic mass is 32.1. The third kappa shape index (κ3) is 2.19. The zero-order valence-electron chi connectivity index (χ0n) is 9.45. The van der Waals surface area contributed by atoms with Crippen molar-refractivity contribution in [3.8, 4) is 17.0 Å². The Morgan fingerprint density at radius 2 is 2.18 bits per heavy atom. The van der Waals surface area contributed by atoms with E-state index in [0.717, 1.165) is 0 Å². The summed E-state index contributed by atoms with van der Waals surface area (Å²) in [5, 5.41) is 0. The van der Waals surface area contributed by atoms with Gasteiger partial charge in [-0.2, -0.15) is 0 Å². The molecule has 0 aliphatic carbocycles. The first-order valence-corrected chi connectivity index (χ1v) is 5.42. The number of hydrogen-bond donors (Lipinski definition) is 1. The van der Waals surface area contributed by atoms with Gasteiger partial charge in [-0.15, -0.1) is 0 Å². The van der Waals surface area contributed by atoms with E-state index in [4.69, 9.17) is 17.0 Å². The van der Waals surface area contributed by atoms with Crippen LogP contribution >= 0.6 is 12.2 Å². The van der Waals surface area contributed by atoms with E-state index >= 15 is 0 Å². The molecule has 2 aromatic rings. The summed E-state index contributed by atoms with van der Waals surface area (Å²) in [5.74, 6) is 0.187. The smallest absolute Gasteiger partial charge is 0.179 e. The Labute approximate surface area is 103 Å². The highest BCUT2D eigenvalue weighted by Gasteiger charge is 2.09. The van der Waals surface area contributed by atoms with Gasteiger partial charge >= 0.3 is 0 Å². The summed E-state index contributed by atoms with van der Waals surface area (Å²) >= 11 is 5.05. The molecule has 17 heavy (non-hydrogen) atoms. The van der Waals surface area contributed by atoms with Crippen LogP contribution in [0.4, 0.5) is 4.39 Å². The molecule has 0 aliphatic rings. The van der Waals surface area contributed by atoms with Crippen molar-refractivity contribution in [3.63, 3.8) is 0 Å². The lowest BCUT2D eigenvalue weighted by atomic mass is 10.1. The van der Waals surface area contributed by atoms with Crippen molar-refractivity contribution < 1.29 is 9.13 Å². The molecule has 1 N–H and O–H groups in total. The van der Waals surface area contributed by atoms with Gasteiger partial charge in [0, 0.05) is 5.56 Å².